The van der Waals surface area contributed by atoms with E-state index in [9.17, 15) is 8.42 Å². The van der Waals surface area contributed by atoms with Crippen molar-refractivity contribution in [2.75, 3.05) is 37.7 Å². The van der Waals surface area contributed by atoms with E-state index in [1.807, 2.05) is 0 Å². The molecule has 1 N–H and O–H groups in total. The predicted octanol–water partition coefficient (Wildman–Crippen LogP) is 0.741. The van der Waals surface area contributed by atoms with Crippen LogP contribution in [-0.2, 0) is 9.84 Å². The summed E-state index contributed by atoms with van der Waals surface area (Å²) in [6, 6.07) is 0.447. The molecule has 1 rings (SSSR count). The first kappa shape index (κ1) is 14.9. The van der Waals surface area contributed by atoms with Crippen LogP contribution >= 0.6 is 0 Å². The molecule has 1 fully saturated rings. The number of likely N-dealkylation sites (N-methyl/N-ethyl adjacent to an activating group) is 1. The third kappa shape index (κ3) is 4.94. The second-order valence-electron chi connectivity index (χ2n) is 5.16. The molecule has 0 radical (unpaired) electrons. The Balaban J connectivity index is 2.61. The van der Waals surface area contributed by atoms with Crippen molar-refractivity contribution in [1.82, 2.24) is 10.2 Å². The van der Waals surface area contributed by atoms with Gasteiger partial charge in [0.25, 0.3) is 0 Å². The van der Waals surface area contributed by atoms with Crippen molar-refractivity contribution in [2.24, 2.45) is 5.92 Å². The van der Waals surface area contributed by atoms with Crippen LogP contribution < -0.4 is 5.32 Å². The number of rotatable bonds is 5. The molecule has 5 heteroatoms. The number of hydrogen-bond acceptors (Lipinski definition) is 4. The highest BCUT2D eigenvalue weighted by Crippen LogP contribution is 2.14. The van der Waals surface area contributed by atoms with Gasteiger partial charge in [-0.25, -0.2) is 8.42 Å². The summed E-state index contributed by atoms with van der Waals surface area (Å²) in [6.07, 6.45) is 0.775. The molecule has 0 saturated carbocycles. The maximum Gasteiger partial charge on any atom is 0.151 e. The molecule has 0 aromatic carbocycles. The van der Waals surface area contributed by atoms with E-state index in [4.69, 9.17) is 0 Å². The van der Waals surface area contributed by atoms with Crippen LogP contribution in [0.4, 0.5) is 0 Å². The molecule has 1 atom stereocenters. The lowest BCUT2D eigenvalue weighted by atomic mass is 10.0. The molecule has 0 bridgehead atoms. The van der Waals surface area contributed by atoms with Gasteiger partial charge in [-0.2, -0.15) is 0 Å². The molecule has 1 saturated heterocycles. The van der Waals surface area contributed by atoms with Gasteiger partial charge in [-0.05, 0) is 25.4 Å². The zero-order valence-corrected chi connectivity index (χ0v) is 12.1. The van der Waals surface area contributed by atoms with Crippen LogP contribution in [0.2, 0.25) is 0 Å². The highest BCUT2D eigenvalue weighted by Gasteiger charge is 2.26. The number of hydrogen-bond donors (Lipinski definition) is 1. The molecule has 0 aromatic heterocycles. The summed E-state index contributed by atoms with van der Waals surface area (Å²) in [6.45, 7) is 10.0. The van der Waals surface area contributed by atoms with E-state index < -0.39 is 9.84 Å². The average molecular weight is 262 g/mol. The van der Waals surface area contributed by atoms with Gasteiger partial charge in [-0.3, -0.25) is 4.90 Å². The van der Waals surface area contributed by atoms with Crippen molar-refractivity contribution in [1.29, 1.82) is 0 Å². The third-order valence-electron chi connectivity index (χ3n) is 3.43. The highest BCUT2D eigenvalue weighted by atomic mass is 32.2. The summed E-state index contributed by atoms with van der Waals surface area (Å²) in [5.41, 5.74) is 0. The van der Waals surface area contributed by atoms with Gasteiger partial charge in [-0.1, -0.05) is 20.8 Å². The average Bonchev–Trinajstić information content (AvgIpc) is 2.40. The molecule has 102 valence electrons. The second kappa shape index (κ2) is 6.71. The van der Waals surface area contributed by atoms with Crippen molar-refractivity contribution in [3.8, 4) is 0 Å². The lowest BCUT2D eigenvalue weighted by Gasteiger charge is -2.33. The second-order valence-corrected chi connectivity index (χ2v) is 7.46. The van der Waals surface area contributed by atoms with Crippen LogP contribution in [0, 0.1) is 5.92 Å². The standard InChI is InChI=1S/C12H26N2O2S/c1-4-13-10-12(11(2)3)14-6-5-8-17(15,16)9-7-14/h11-13H,4-10H2,1-3H3. The topological polar surface area (TPSA) is 49.4 Å². The van der Waals surface area contributed by atoms with E-state index in [2.05, 4.69) is 31.0 Å². The summed E-state index contributed by atoms with van der Waals surface area (Å²) in [5, 5.41) is 3.38. The third-order valence-corrected chi connectivity index (χ3v) is 5.15. The summed E-state index contributed by atoms with van der Waals surface area (Å²) in [4.78, 5) is 2.35. The molecule has 0 amide bonds. The molecule has 0 aliphatic carbocycles. The number of sulfone groups is 1. The van der Waals surface area contributed by atoms with Gasteiger partial charge in [0.15, 0.2) is 9.84 Å². The fourth-order valence-corrected chi connectivity index (χ4v) is 3.65. The fourth-order valence-electron chi connectivity index (χ4n) is 2.37. The van der Waals surface area contributed by atoms with Gasteiger partial charge >= 0.3 is 0 Å². The Morgan fingerprint density at radius 1 is 1.24 bits per heavy atom. The Bertz CT molecular complexity index is 314. The first-order valence-electron chi connectivity index (χ1n) is 6.61. The van der Waals surface area contributed by atoms with Gasteiger partial charge in [0.2, 0.25) is 0 Å². The Hall–Kier alpha value is -0.130. The molecule has 1 heterocycles. The van der Waals surface area contributed by atoms with Crippen molar-refractivity contribution in [2.45, 2.75) is 33.2 Å². The quantitative estimate of drug-likeness (QED) is 0.794. The Kier molecular flexibility index (Phi) is 5.89. The molecule has 17 heavy (non-hydrogen) atoms. The molecule has 1 aliphatic rings. The van der Waals surface area contributed by atoms with E-state index in [0.29, 0.717) is 30.0 Å². The Morgan fingerprint density at radius 3 is 2.53 bits per heavy atom. The van der Waals surface area contributed by atoms with Crippen molar-refractivity contribution >= 4 is 9.84 Å². The highest BCUT2D eigenvalue weighted by molar-refractivity contribution is 7.91. The zero-order valence-electron chi connectivity index (χ0n) is 11.3. The SMILES string of the molecule is CCNCC(C(C)C)N1CCCS(=O)(=O)CC1. The van der Waals surface area contributed by atoms with Crippen LogP contribution in [0.5, 0.6) is 0 Å². The minimum Gasteiger partial charge on any atom is -0.315 e. The first-order chi connectivity index (χ1) is 7.96. The minimum absolute atomic E-state index is 0.322. The van der Waals surface area contributed by atoms with E-state index in [-0.39, 0.29) is 0 Å². The Morgan fingerprint density at radius 2 is 1.94 bits per heavy atom. The van der Waals surface area contributed by atoms with Gasteiger partial charge < -0.3 is 5.32 Å². The largest absolute Gasteiger partial charge is 0.315 e. The van der Waals surface area contributed by atoms with Crippen LogP contribution in [0.15, 0.2) is 0 Å². The number of nitrogens with zero attached hydrogens (tertiary/aromatic N) is 1. The normalized spacial score (nSPS) is 23.5. The lowest BCUT2D eigenvalue weighted by molar-refractivity contribution is 0.163. The smallest absolute Gasteiger partial charge is 0.151 e. The molecule has 1 aliphatic heterocycles. The summed E-state index contributed by atoms with van der Waals surface area (Å²) >= 11 is 0. The van der Waals surface area contributed by atoms with Gasteiger partial charge in [-0.15, -0.1) is 0 Å². The monoisotopic (exact) mass is 262 g/mol. The van der Waals surface area contributed by atoms with Crippen LogP contribution in [-0.4, -0.2) is 57.0 Å². The van der Waals surface area contributed by atoms with Crippen molar-refractivity contribution in [3.05, 3.63) is 0 Å². The predicted molar refractivity (Wildman–Crippen MR) is 72.0 cm³/mol. The van der Waals surface area contributed by atoms with E-state index in [1.165, 1.54) is 0 Å². The Labute approximate surface area is 106 Å². The molecular formula is C12H26N2O2S. The van der Waals surface area contributed by atoms with Crippen LogP contribution in [0.3, 0.4) is 0 Å². The van der Waals surface area contributed by atoms with Gasteiger partial charge in [0.05, 0.1) is 11.5 Å². The van der Waals surface area contributed by atoms with E-state index >= 15 is 0 Å². The van der Waals surface area contributed by atoms with Gasteiger partial charge in [0, 0.05) is 19.1 Å². The molecule has 1 unspecified atom stereocenters. The molecule has 4 nitrogen and oxygen atoms in total. The molecular weight excluding hydrogens is 236 g/mol. The first-order valence-corrected chi connectivity index (χ1v) is 8.43. The van der Waals surface area contributed by atoms with E-state index in [0.717, 1.165) is 26.1 Å². The van der Waals surface area contributed by atoms with Gasteiger partial charge in [0.1, 0.15) is 0 Å². The van der Waals surface area contributed by atoms with E-state index in [1.54, 1.807) is 0 Å². The summed E-state index contributed by atoms with van der Waals surface area (Å²) < 4.78 is 23.2. The van der Waals surface area contributed by atoms with Crippen molar-refractivity contribution in [3.63, 3.8) is 0 Å². The molecule has 0 spiro atoms. The minimum atomic E-state index is -2.79. The molecule has 0 aromatic rings. The van der Waals surface area contributed by atoms with Crippen LogP contribution in [0.1, 0.15) is 27.2 Å². The zero-order chi connectivity index (χ0) is 12.9. The van der Waals surface area contributed by atoms with Crippen LogP contribution in [0.25, 0.3) is 0 Å². The lowest BCUT2D eigenvalue weighted by Crippen LogP contribution is -2.46. The summed E-state index contributed by atoms with van der Waals surface area (Å²) in [5.74, 6) is 1.23. The number of nitrogens with one attached hydrogen (secondary N) is 1. The summed E-state index contributed by atoms with van der Waals surface area (Å²) in [7, 11) is -2.79. The fraction of sp³-hybridized carbons (Fsp3) is 1.00. The van der Waals surface area contributed by atoms with Crippen molar-refractivity contribution < 1.29 is 8.42 Å². The maximum absolute atomic E-state index is 11.6. The maximum atomic E-state index is 11.6.